The van der Waals surface area contributed by atoms with Gasteiger partial charge in [-0.2, -0.15) is 5.10 Å². The van der Waals surface area contributed by atoms with Crippen molar-refractivity contribution in [2.45, 2.75) is 13.0 Å². The van der Waals surface area contributed by atoms with Gasteiger partial charge in [0.2, 0.25) is 5.91 Å². The molecule has 0 fully saturated rings. The highest BCUT2D eigenvalue weighted by atomic mass is 35.5. The van der Waals surface area contributed by atoms with Crippen molar-refractivity contribution in [3.8, 4) is 17.2 Å². The number of ether oxygens (including phenoxy) is 3. The molecule has 7 heteroatoms. The molecule has 3 aromatic rings. The third-order valence-electron chi connectivity index (χ3n) is 4.41. The Morgan fingerprint density at radius 3 is 2.52 bits per heavy atom. The number of nitrogens with zero attached hydrogens (tertiary/aromatic N) is 1. The summed E-state index contributed by atoms with van der Waals surface area (Å²) in [5.74, 6) is 1.59. The molecule has 0 aromatic heterocycles. The van der Waals surface area contributed by atoms with Crippen LogP contribution in [0.2, 0.25) is 5.02 Å². The van der Waals surface area contributed by atoms with E-state index in [1.807, 2.05) is 54.6 Å². The lowest BCUT2D eigenvalue weighted by Gasteiger charge is -2.10. The third-order valence-corrected chi connectivity index (χ3v) is 4.64. The predicted octanol–water partition coefficient (Wildman–Crippen LogP) is 4.63. The summed E-state index contributed by atoms with van der Waals surface area (Å²) in [5.41, 5.74) is 5.03. The van der Waals surface area contributed by atoms with E-state index < -0.39 is 0 Å². The van der Waals surface area contributed by atoms with E-state index in [2.05, 4.69) is 10.5 Å². The number of amides is 1. The highest BCUT2D eigenvalue weighted by Crippen LogP contribution is 2.27. The zero-order valence-corrected chi connectivity index (χ0v) is 18.1. The molecule has 0 bridgehead atoms. The highest BCUT2D eigenvalue weighted by molar-refractivity contribution is 6.30. The Hall–Kier alpha value is -3.51. The fourth-order valence-corrected chi connectivity index (χ4v) is 3.11. The fraction of sp³-hybridized carbons (Fsp3) is 0.167. The lowest BCUT2D eigenvalue weighted by atomic mass is 10.1. The van der Waals surface area contributed by atoms with Crippen molar-refractivity contribution in [1.29, 1.82) is 0 Å². The van der Waals surface area contributed by atoms with Crippen LogP contribution in [-0.4, -0.2) is 26.3 Å². The van der Waals surface area contributed by atoms with E-state index in [1.165, 1.54) is 0 Å². The van der Waals surface area contributed by atoms with Gasteiger partial charge >= 0.3 is 0 Å². The number of hydrazone groups is 1. The number of nitrogens with one attached hydrogen (secondary N) is 1. The van der Waals surface area contributed by atoms with Gasteiger partial charge in [0.15, 0.2) is 11.5 Å². The highest BCUT2D eigenvalue weighted by Gasteiger charge is 2.08. The van der Waals surface area contributed by atoms with Gasteiger partial charge in [0.25, 0.3) is 0 Å². The Kier molecular flexibility index (Phi) is 7.90. The lowest BCUT2D eigenvalue weighted by Crippen LogP contribution is -2.19. The average Bonchev–Trinajstić information content (AvgIpc) is 2.78. The number of carbonyl (C=O) groups excluding carboxylic acids is 1. The maximum absolute atomic E-state index is 12.2. The first-order valence-corrected chi connectivity index (χ1v) is 9.96. The van der Waals surface area contributed by atoms with Gasteiger partial charge in [0.05, 0.1) is 26.9 Å². The number of para-hydroxylation sites is 1. The van der Waals surface area contributed by atoms with Crippen LogP contribution in [-0.2, 0) is 17.8 Å². The molecule has 0 heterocycles. The number of hydrogen-bond acceptors (Lipinski definition) is 5. The molecule has 3 rings (SSSR count). The molecule has 0 saturated heterocycles. The molecule has 31 heavy (non-hydrogen) atoms. The number of benzene rings is 3. The summed E-state index contributed by atoms with van der Waals surface area (Å²) in [6.45, 7) is 0.372. The van der Waals surface area contributed by atoms with Crippen molar-refractivity contribution < 1.29 is 19.0 Å². The molecule has 0 radical (unpaired) electrons. The van der Waals surface area contributed by atoms with Gasteiger partial charge in [-0.25, -0.2) is 5.43 Å². The van der Waals surface area contributed by atoms with Gasteiger partial charge in [-0.1, -0.05) is 41.9 Å². The van der Waals surface area contributed by atoms with Crippen LogP contribution in [0, 0.1) is 0 Å². The summed E-state index contributed by atoms with van der Waals surface area (Å²) in [5, 5.41) is 4.72. The normalized spacial score (nSPS) is 10.7. The first-order valence-electron chi connectivity index (χ1n) is 9.58. The zero-order valence-electron chi connectivity index (χ0n) is 17.3. The summed E-state index contributed by atoms with van der Waals surface area (Å²) in [7, 11) is 3.12. The smallest absolute Gasteiger partial charge is 0.244 e. The van der Waals surface area contributed by atoms with E-state index in [0.29, 0.717) is 28.9 Å². The molecule has 6 nitrogen and oxygen atoms in total. The van der Waals surface area contributed by atoms with Crippen LogP contribution in [0.5, 0.6) is 17.2 Å². The Balaban J connectivity index is 1.59. The van der Waals surface area contributed by atoms with E-state index in [4.69, 9.17) is 25.8 Å². The molecule has 1 N–H and O–H groups in total. The molecule has 0 spiro atoms. The molecule has 0 unspecified atom stereocenters. The number of halogens is 1. The lowest BCUT2D eigenvalue weighted by molar-refractivity contribution is -0.120. The van der Waals surface area contributed by atoms with Gasteiger partial charge in [0.1, 0.15) is 12.4 Å². The molecule has 0 atom stereocenters. The largest absolute Gasteiger partial charge is 0.493 e. The molecule has 0 aliphatic carbocycles. The maximum atomic E-state index is 12.2. The topological polar surface area (TPSA) is 69.2 Å². The molecule has 0 aliphatic rings. The molecule has 3 aromatic carbocycles. The van der Waals surface area contributed by atoms with Crippen molar-refractivity contribution >= 4 is 23.7 Å². The van der Waals surface area contributed by atoms with Crippen LogP contribution in [0.15, 0.2) is 71.8 Å². The summed E-state index contributed by atoms with van der Waals surface area (Å²) < 4.78 is 16.4. The first-order chi connectivity index (χ1) is 15.1. The van der Waals surface area contributed by atoms with Gasteiger partial charge in [0, 0.05) is 10.6 Å². The molecule has 0 saturated carbocycles. The quantitative estimate of drug-likeness (QED) is 0.390. The van der Waals surface area contributed by atoms with Crippen LogP contribution >= 0.6 is 11.6 Å². The molecule has 160 valence electrons. The molecule has 0 aliphatic heterocycles. The van der Waals surface area contributed by atoms with E-state index >= 15 is 0 Å². The minimum atomic E-state index is -0.249. The van der Waals surface area contributed by atoms with Crippen LogP contribution < -0.4 is 19.6 Å². The number of carbonyl (C=O) groups is 1. The van der Waals surface area contributed by atoms with Crippen molar-refractivity contribution in [2.24, 2.45) is 5.10 Å². The van der Waals surface area contributed by atoms with Gasteiger partial charge in [-0.15, -0.1) is 0 Å². The van der Waals surface area contributed by atoms with Gasteiger partial charge in [-0.05, 0) is 47.5 Å². The van der Waals surface area contributed by atoms with Gasteiger partial charge < -0.3 is 14.2 Å². The van der Waals surface area contributed by atoms with Crippen molar-refractivity contribution in [3.63, 3.8) is 0 Å². The molecular weight excluding hydrogens is 416 g/mol. The van der Waals surface area contributed by atoms with Crippen LogP contribution in [0.25, 0.3) is 0 Å². The second-order valence-electron chi connectivity index (χ2n) is 6.62. The van der Waals surface area contributed by atoms with E-state index in [9.17, 15) is 4.79 Å². The Morgan fingerprint density at radius 2 is 1.74 bits per heavy atom. The van der Waals surface area contributed by atoms with Gasteiger partial charge in [-0.3, -0.25) is 4.79 Å². The van der Waals surface area contributed by atoms with Crippen LogP contribution in [0.4, 0.5) is 0 Å². The van der Waals surface area contributed by atoms with E-state index in [1.54, 1.807) is 32.6 Å². The standard InChI is InChI=1S/C24H23ClN2O4/c1-29-22-11-10-17(13-23(22)30-2)14-24(28)27-26-15-19-7-3-4-9-21(19)31-16-18-6-5-8-20(25)12-18/h3-13,15H,14,16H2,1-2H3,(H,27,28)/b26-15+. The Labute approximate surface area is 186 Å². The molecule has 1 amide bonds. The summed E-state index contributed by atoms with van der Waals surface area (Å²) in [4.78, 5) is 12.2. The Morgan fingerprint density at radius 1 is 0.935 bits per heavy atom. The third kappa shape index (κ3) is 6.49. The van der Waals surface area contributed by atoms with E-state index in [-0.39, 0.29) is 12.3 Å². The van der Waals surface area contributed by atoms with Crippen molar-refractivity contribution in [2.75, 3.05) is 14.2 Å². The van der Waals surface area contributed by atoms with Crippen molar-refractivity contribution in [3.05, 3.63) is 88.4 Å². The fourth-order valence-electron chi connectivity index (χ4n) is 2.90. The van der Waals surface area contributed by atoms with Crippen LogP contribution in [0.3, 0.4) is 0 Å². The first kappa shape index (κ1) is 22.2. The minimum Gasteiger partial charge on any atom is -0.493 e. The summed E-state index contributed by atoms with van der Waals surface area (Å²) >= 11 is 6.02. The Bertz CT molecular complexity index is 1070. The second-order valence-corrected chi connectivity index (χ2v) is 7.05. The monoisotopic (exact) mass is 438 g/mol. The van der Waals surface area contributed by atoms with Crippen LogP contribution in [0.1, 0.15) is 16.7 Å². The SMILES string of the molecule is COc1ccc(CC(=O)N/N=C/c2ccccc2OCc2cccc(Cl)c2)cc1OC. The second kappa shape index (κ2) is 11.0. The number of methoxy groups -OCH3 is 2. The number of rotatable bonds is 9. The predicted molar refractivity (Wildman–Crippen MR) is 121 cm³/mol. The zero-order chi connectivity index (χ0) is 22.1. The van der Waals surface area contributed by atoms with Crippen molar-refractivity contribution in [1.82, 2.24) is 5.43 Å². The summed E-state index contributed by atoms with van der Waals surface area (Å²) in [6.07, 6.45) is 1.71. The molecular formula is C24H23ClN2O4. The number of hydrogen-bond donors (Lipinski definition) is 1. The minimum absolute atomic E-state index is 0.157. The van der Waals surface area contributed by atoms with E-state index in [0.717, 1.165) is 16.7 Å². The summed E-state index contributed by atoms with van der Waals surface area (Å²) in [6, 6.07) is 20.3. The maximum Gasteiger partial charge on any atom is 0.244 e. The average molecular weight is 439 g/mol.